The number of aliphatic hydroxyl groups excluding tert-OH is 2. The molecule has 0 spiro atoms. The number of aromatic nitrogens is 2. The summed E-state index contributed by atoms with van der Waals surface area (Å²) in [5, 5.41) is 31.6. The SMILES string of the molecule is C[C@H](N)C(=O)N[C@@H](C(=O)O)[C@H]1O[C@@H](n2ccc(=O)[nH]c2=O)[C@H](O)[C@@H]1O. The largest absolute Gasteiger partial charge is 0.480 e. The van der Waals surface area contributed by atoms with Gasteiger partial charge in [-0.1, -0.05) is 0 Å². The molecule has 1 amide bonds. The molecule has 6 atom stereocenters. The van der Waals surface area contributed by atoms with Crippen molar-refractivity contribution in [3.8, 4) is 0 Å². The van der Waals surface area contributed by atoms with E-state index in [2.05, 4.69) is 5.32 Å². The van der Waals surface area contributed by atoms with Gasteiger partial charge in [0.15, 0.2) is 12.3 Å². The Hall–Kier alpha value is -2.54. The molecular weight excluding hydrogens is 340 g/mol. The molecule has 0 aromatic carbocycles. The van der Waals surface area contributed by atoms with Crippen LogP contribution in [0.3, 0.4) is 0 Å². The third kappa shape index (κ3) is 3.76. The Morgan fingerprint density at radius 1 is 1.36 bits per heavy atom. The molecule has 0 radical (unpaired) electrons. The van der Waals surface area contributed by atoms with Gasteiger partial charge in [-0.3, -0.25) is 19.1 Å². The highest BCUT2D eigenvalue weighted by Crippen LogP contribution is 2.30. The molecule has 1 saturated heterocycles. The van der Waals surface area contributed by atoms with Crippen LogP contribution in [0.1, 0.15) is 13.2 Å². The monoisotopic (exact) mass is 358 g/mol. The predicted octanol–water partition coefficient (Wildman–Crippen LogP) is -3.93. The number of hydrogen-bond donors (Lipinski definition) is 6. The van der Waals surface area contributed by atoms with Gasteiger partial charge < -0.3 is 31.1 Å². The fourth-order valence-corrected chi connectivity index (χ4v) is 2.39. The standard InChI is InChI=1S/C13H18N4O8/c1-4(14)10(21)16-6(12(22)23)9-7(19)8(20)11(25-9)17-3-2-5(18)15-13(17)24/h2-4,6-9,11,19-20H,14H2,1H3,(H,16,21)(H,22,23)(H,15,18,24)/t4-,6+,7-,8+,9+,11+/m0/s1. The van der Waals surface area contributed by atoms with Crippen LogP contribution in [0.5, 0.6) is 0 Å². The van der Waals surface area contributed by atoms with Gasteiger partial charge in [-0.05, 0) is 6.92 Å². The van der Waals surface area contributed by atoms with E-state index in [1.165, 1.54) is 6.92 Å². The first-order valence-electron chi connectivity index (χ1n) is 7.25. The summed E-state index contributed by atoms with van der Waals surface area (Å²) in [6.07, 6.45) is -5.39. The van der Waals surface area contributed by atoms with Gasteiger partial charge in [0.05, 0.1) is 6.04 Å². The van der Waals surface area contributed by atoms with Gasteiger partial charge in [0.25, 0.3) is 5.56 Å². The van der Waals surface area contributed by atoms with Gasteiger partial charge in [0, 0.05) is 12.3 Å². The van der Waals surface area contributed by atoms with Crippen LogP contribution in [0.15, 0.2) is 21.9 Å². The van der Waals surface area contributed by atoms with Crippen LogP contribution in [0, 0.1) is 0 Å². The lowest BCUT2D eigenvalue weighted by molar-refractivity contribution is -0.149. The number of aromatic amines is 1. The second kappa shape index (κ2) is 7.14. The van der Waals surface area contributed by atoms with E-state index in [4.69, 9.17) is 10.5 Å². The Balaban J connectivity index is 2.30. The summed E-state index contributed by atoms with van der Waals surface area (Å²) in [4.78, 5) is 47.9. The summed E-state index contributed by atoms with van der Waals surface area (Å²) >= 11 is 0. The molecule has 1 aromatic rings. The molecule has 1 aliphatic heterocycles. The molecule has 0 bridgehead atoms. The molecule has 0 aliphatic carbocycles. The Morgan fingerprint density at radius 3 is 2.52 bits per heavy atom. The number of hydrogen-bond acceptors (Lipinski definition) is 8. The van der Waals surface area contributed by atoms with Crippen LogP contribution in [-0.4, -0.2) is 67.1 Å². The minimum absolute atomic E-state index is 0.682. The predicted molar refractivity (Wildman–Crippen MR) is 80.5 cm³/mol. The summed E-state index contributed by atoms with van der Waals surface area (Å²) in [7, 11) is 0. The van der Waals surface area contributed by atoms with Crippen molar-refractivity contribution in [3.63, 3.8) is 0 Å². The van der Waals surface area contributed by atoms with E-state index in [0.717, 1.165) is 16.8 Å². The fourth-order valence-electron chi connectivity index (χ4n) is 2.39. The molecule has 7 N–H and O–H groups in total. The number of carboxylic acids is 1. The average Bonchev–Trinajstić information content (AvgIpc) is 2.80. The summed E-state index contributed by atoms with van der Waals surface area (Å²) < 4.78 is 6.09. The van der Waals surface area contributed by atoms with Crippen LogP contribution in [-0.2, 0) is 14.3 Å². The Kier molecular flexibility index (Phi) is 5.37. The molecule has 1 aromatic heterocycles. The van der Waals surface area contributed by atoms with Crippen LogP contribution < -0.4 is 22.3 Å². The maximum atomic E-state index is 11.8. The van der Waals surface area contributed by atoms with Crippen molar-refractivity contribution in [2.75, 3.05) is 0 Å². The van der Waals surface area contributed by atoms with Crippen molar-refractivity contribution in [3.05, 3.63) is 33.1 Å². The molecule has 1 aliphatic rings. The number of ether oxygens (including phenoxy) is 1. The molecule has 0 saturated carbocycles. The van der Waals surface area contributed by atoms with Crippen molar-refractivity contribution in [1.29, 1.82) is 0 Å². The molecule has 12 nitrogen and oxygen atoms in total. The van der Waals surface area contributed by atoms with Gasteiger partial charge in [0.2, 0.25) is 5.91 Å². The molecule has 2 heterocycles. The van der Waals surface area contributed by atoms with E-state index in [9.17, 15) is 34.5 Å². The molecule has 2 rings (SSSR count). The zero-order valence-corrected chi connectivity index (χ0v) is 13.0. The van der Waals surface area contributed by atoms with Gasteiger partial charge in [-0.15, -0.1) is 0 Å². The number of amides is 1. The highest BCUT2D eigenvalue weighted by atomic mass is 16.6. The maximum Gasteiger partial charge on any atom is 0.330 e. The first-order chi connectivity index (χ1) is 11.6. The second-order valence-corrected chi connectivity index (χ2v) is 5.60. The number of aliphatic carboxylic acids is 1. The Morgan fingerprint density at radius 2 is 2.00 bits per heavy atom. The van der Waals surface area contributed by atoms with E-state index in [1.807, 2.05) is 4.98 Å². The number of rotatable bonds is 5. The lowest BCUT2D eigenvalue weighted by Gasteiger charge is -2.24. The fraction of sp³-hybridized carbons (Fsp3) is 0.538. The molecular formula is C13H18N4O8. The van der Waals surface area contributed by atoms with Crippen molar-refractivity contribution in [1.82, 2.24) is 14.9 Å². The smallest absolute Gasteiger partial charge is 0.330 e. The van der Waals surface area contributed by atoms with Gasteiger partial charge >= 0.3 is 11.7 Å². The maximum absolute atomic E-state index is 11.8. The number of aliphatic hydroxyl groups is 2. The first kappa shape index (κ1) is 18.8. The van der Waals surface area contributed by atoms with Crippen molar-refractivity contribution in [2.24, 2.45) is 5.73 Å². The number of carboxylic acid groups (broad SMARTS) is 1. The van der Waals surface area contributed by atoms with Crippen molar-refractivity contribution < 1.29 is 29.6 Å². The van der Waals surface area contributed by atoms with Gasteiger partial charge in [-0.25, -0.2) is 9.59 Å². The topological polar surface area (TPSA) is 197 Å². The molecule has 1 fully saturated rings. The second-order valence-electron chi connectivity index (χ2n) is 5.60. The van der Waals surface area contributed by atoms with Crippen LogP contribution >= 0.6 is 0 Å². The highest BCUT2D eigenvalue weighted by molar-refractivity contribution is 5.86. The first-order valence-corrected chi connectivity index (χ1v) is 7.25. The van der Waals surface area contributed by atoms with E-state index >= 15 is 0 Å². The van der Waals surface area contributed by atoms with E-state index in [0.29, 0.717) is 0 Å². The van der Waals surface area contributed by atoms with E-state index < -0.39 is 59.7 Å². The number of carbonyl (C=O) groups excluding carboxylic acids is 1. The number of carbonyl (C=O) groups is 2. The minimum atomic E-state index is -1.72. The van der Waals surface area contributed by atoms with Crippen LogP contribution in [0.4, 0.5) is 0 Å². The van der Waals surface area contributed by atoms with Gasteiger partial charge in [-0.2, -0.15) is 0 Å². The lowest BCUT2D eigenvalue weighted by atomic mass is 10.0. The van der Waals surface area contributed by atoms with Crippen molar-refractivity contribution in [2.45, 2.75) is 43.5 Å². The van der Waals surface area contributed by atoms with E-state index in [-0.39, 0.29) is 0 Å². The number of H-pyrrole nitrogens is 1. The average molecular weight is 358 g/mol. The third-order valence-corrected chi connectivity index (χ3v) is 3.71. The van der Waals surface area contributed by atoms with Gasteiger partial charge in [0.1, 0.15) is 18.3 Å². The number of nitrogens with two attached hydrogens (primary N) is 1. The lowest BCUT2D eigenvalue weighted by Crippen LogP contribution is -2.55. The minimum Gasteiger partial charge on any atom is -0.480 e. The molecule has 138 valence electrons. The third-order valence-electron chi connectivity index (χ3n) is 3.71. The van der Waals surface area contributed by atoms with Crippen LogP contribution in [0.2, 0.25) is 0 Å². The highest BCUT2D eigenvalue weighted by Gasteiger charge is 2.50. The quantitative estimate of drug-likeness (QED) is 0.304. The molecule has 25 heavy (non-hydrogen) atoms. The number of nitrogens with zero attached hydrogens (tertiary/aromatic N) is 1. The summed E-state index contributed by atoms with van der Waals surface area (Å²) in [5.74, 6) is -2.33. The number of nitrogens with one attached hydrogen (secondary N) is 2. The Labute approximate surface area is 139 Å². The van der Waals surface area contributed by atoms with Crippen molar-refractivity contribution >= 4 is 11.9 Å². The summed E-state index contributed by atoms with van der Waals surface area (Å²) in [6.45, 7) is 1.33. The molecule has 0 unspecified atom stereocenters. The summed E-state index contributed by atoms with van der Waals surface area (Å²) in [5.41, 5.74) is 3.76. The normalized spacial score (nSPS) is 28.3. The van der Waals surface area contributed by atoms with E-state index in [1.54, 1.807) is 0 Å². The zero-order valence-electron chi connectivity index (χ0n) is 13.0. The summed E-state index contributed by atoms with van der Waals surface area (Å²) in [6, 6.07) is -1.74. The van der Waals surface area contributed by atoms with Crippen LogP contribution in [0.25, 0.3) is 0 Å². The zero-order chi connectivity index (χ0) is 18.9. The molecule has 12 heteroatoms. The Bertz CT molecular complexity index is 772.